The van der Waals surface area contributed by atoms with E-state index in [-0.39, 0.29) is 17.8 Å². The molecule has 2 atom stereocenters. The molecule has 0 fully saturated rings. The quantitative estimate of drug-likeness (QED) is 0.213. The Hall–Kier alpha value is -4.37. The molecule has 2 aromatic heterocycles. The van der Waals surface area contributed by atoms with Crippen LogP contribution in [0.25, 0.3) is 39.3 Å². The van der Waals surface area contributed by atoms with E-state index in [0.29, 0.717) is 0 Å². The lowest BCUT2D eigenvalue weighted by Crippen LogP contribution is -2.53. The summed E-state index contributed by atoms with van der Waals surface area (Å²) in [6.45, 7) is 6.92. The van der Waals surface area contributed by atoms with Gasteiger partial charge in [0.05, 0.1) is 11.5 Å². The number of nitrogens with zero attached hydrogens (tertiary/aromatic N) is 2. The van der Waals surface area contributed by atoms with Gasteiger partial charge in [-0.15, -0.1) is 0 Å². The summed E-state index contributed by atoms with van der Waals surface area (Å²) in [5.74, 6) is 0.0198. The normalized spacial score (nSPS) is 17.6. The first-order valence-corrected chi connectivity index (χ1v) is 13.3. The van der Waals surface area contributed by atoms with E-state index in [1.807, 2.05) is 12.1 Å². The molecule has 0 N–H and O–H groups in total. The predicted octanol–water partition coefficient (Wildman–Crippen LogP) is 7.47. The molecule has 3 heteroatoms. The van der Waals surface area contributed by atoms with Crippen LogP contribution in [0.5, 0.6) is 0 Å². The second-order valence-electron chi connectivity index (χ2n) is 10.5. The van der Waals surface area contributed by atoms with Gasteiger partial charge in [-0.25, -0.2) is 4.39 Å². The molecule has 184 valence electrons. The SMILES string of the molecule is C=C1C2C(CCc3cc(F)ccc3-c3cc(-c4ccccc4)c(C)c[n+]31)c1ccccc1-c1cccc[n+]12. The number of hydrogen-bond donors (Lipinski definition) is 0. The van der Waals surface area contributed by atoms with Gasteiger partial charge in [0.15, 0.2) is 12.4 Å². The fraction of sp³-hybridized carbons (Fsp3) is 0.143. The topological polar surface area (TPSA) is 7.76 Å². The summed E-state index contributed by atoms with van der Waals surface area (Å²) in [6.07, 6.45) is 6.09. The molecule has 0 radical (unpaired) electrons. The van der Waals surface area contributed by atoms with Crippen LogP contribution in [0.2, 0.25) is 0 Å². The Labute approximate surface area is 223 Å². The molecule has 4 heterocycles. The Morgan fingerprint density at radius 2 is 1.58 bits per heavy atom. The summed E-state index contributed by atoms with van der Waals surface area (Å²) in [5.41, 5.74) is 11.5. The number of halogens is 1. The van der Waals surface area contributed by atoms with Crippen molar-refractivity contribution in [1.29, 1.82) is 0 Å². The van der Waals surface area contributed by atoms with Crippen LogP contribution >= 0.6 is 0 Å². The maximum absolute atomic E-state index is 14.6. The van der Waals surface area contributed by atoms with Crippen LogP contribution in [0, 0.1) is 12.7 Å². The molecule has 0 saturated heterocycles. The molecule has 2 aliphatic heterocycles. The predicted molar refractivity (Wildman–Crippen MR) is 150 cm³/mol. The number of benzene rings is 3. The lowest BCUT2D eigenvalue weighted by molar-refractivity contribution is -0.727. The molecule has 0 bridgehead atoms. The average Bonchev–Trinajstić information content (AvgIpc) is 3.00. The van der Waals surface area contributed by atoms with Crippen LogP contribution in [0.1, 0.15) is 35.1 Å². The molecule has 7 rings (SSSR count). The molecule has 0 saturated carbocycles. The lowest BCUT2D eigenvalue weighted by atomic mass is 9.78. The van der Waals surface area contributed by atoms with E-state index < -0.39 is 0 Å². The molecule has 0 spiro atoms. The zero-order chi connectivity index (χ0) is 25.8. The van der Waals surface area contributed by atoms with Gasteiger partial charge in [0.25, 0.3) is 0 Å². The molecule has 38 heavy (non-hydrogen) atoms. The minimum atomic E-state index is -0.191. The van der Waals surface area contributed by atoms with Crippen LogP contribution in [-0.4, -0.2) is 0 Å². The highest BCUT2D eigenvalue weighted by Gasteiger charge is 2.46. The smallest absolute Gasteiger partial charge is 0.207 e. The summed E-state index contributed by atoms with van der Waals surface area (Å²) in [4.78, 5) is 0. The molecular weight excluding hydrogens is 467 g/mol. The highest BCUT2D eigenvalue weighted by atomic mass is 19.1. The van der Waals surface area contributed by atoms with Crippen molar-refractivity contribution in [3.8, 4) is 33.6 Å². The largest absolute Gasteiger partial charge is 0.249 e. The molecule has 0 aliphatic carbocycles. The monoisotopic (exact) mass is 496 g/mol. The number of allylic oxidation sites excluding steroid dienone is 1. The first-order chi connectivity index (χ1) is 18.6. The number of pyridine rings is 2. The molecule has 2 unspecified atom stereocenters. The Morgan fingerprint density at radius 1 is 0.789 bits per heavy atom. The van der Waals surface area contributed by atoms with Gasteiger partial charge in [-0.1, -0.05) is 48.5 Å². The minimum absolute atomic E-state index is 0.0333. The molecular formula is C35H29FN2+2. The molecule has 3 aromatic carbocycles. The van der Waals surface area contributed by atoms with E-state index >= 15 is 0 Å². The summed E-state index contributed by atoms with van der Waals surface area (Å²) < 4.78 is 19.3. The van der Waals surface area contributed by atoms with E-state index in [4.69, 9.17) is 6.58 Å². The van der Waals surface area contributed by atoms with E-state index in [1.165, 1.54) is 33.5 Å². The third-order valence-corrected chi connectivity index (χ3v) is 8.30. The van der Waals surface area contributed by atoms with Crippen molar-refractivity contribution in [2.24, 2.45) is 0 Å². The third kappa shape index (κ3) is 3.53. The van der Waals surface area contributed by atoms with Crippen LogP contribution in [-0.2, 0) is 6.42 Å². The van der Waals surface area contributed by atoms with Crippen LogP contribution in [0.15, 0.2) is 116 Å². The lowest BCUT2D eigenvalue weighted by Gasteiger charge is -2.29. The maximum atomic E-state index is 14.6. The van der Waals surface area contributed by atoms with Gasteiger partial charge in [0, 0.05) is 29.3 Å². The van der Waals surface area contributed by atoms with Gasteiger partial charge < -0.3 is 0 Å². The summed E-state index contributed by atoms with van der Waals surface area (Å²) in [7, 11) is 0. The van der Waals surface area contributed by atoms with E-state index in [1.54, 1.807) is 12.1 Å². The average molecular weight is 497 g/mol. The van der Waals surface area contributed by atoms with Gasteiger partial charge >= 0.3 is 0 Å². The van der Waals surface area contributed by atoms with Crippen LogP contribution in [0.3, 0.4) is 0 Å². The maximum Gasteiger partial charge on any atom is 0.249 e. The fourth-order valence-electron chi connectivity index (χ4n) is 6.55. The number of aromatic nitrogens is 2. The Balaban J connectivity index is 1.52. The van der Waals surface area contributed by atoms with E-state index in [0.717, 1.165) is 35.4 Å². The van der Waals surface area contributed by atoms with Crippen molar-refractivity contribution in [3.63, 3.8) is 0 Å². The first kappa shape index (κ1) is 22.8. The molecule has 2 aliphatic rings. The molecule has 5 aromatic rings. The highest BCUT2D eigenvalue weighted by molar-refractivity contribution is 5.74. The van der Waals surface area contributed by atoms with E-state index in [9.17, 15) is 4.39 Å². The summed E-state index contributed by atoms with van der Waals surface area (Å²) >= 11 is 0. The van der Waals surface area contributed by atoms with Crippen molar-refractivity contribution in [3.05, 3.63) is 139 Å². The number of hydrogen-bond acceptors (Lipinski definition) is 0. The van der Waals surface area contributed by atoms with Crippen molar-refractivity contribution < 1.29 is 13.5 Å². The second kappa shape index (κ2) is 8.88. The standard InChI is InChI=1S/C35H29FN2/c1-23-22-38-24(2)35-31(29-12-6-7-13-30(29)33-14-8-9-19-37(33)35)17-15-26-20-27(36)16-18-28(26)34(38)21-32(23)25-10-4-3-5-11-25/h3-14,16,18-22,31,35H,2,15,17H2,1H3/q+2. The second-order valence-corrected chi connectivity index (χ2v) is 10.5. The Morgan fingerprint density at radius 3 is 2.45 bits per heavy atom. The summed E-state index contributed by atoms with van der Waals surface area (Å²) in [5, 5.41) is 0. The number of aryl methyl sites for hydroxylation is 2. The van der Waals surface area contributed by atoms with Gasteiger partial charge in [-0.2, -0.15) is 9.13 Å². The van der Waals surface area contributed by atoms with Gasteiger partial charge in [-0.05, 0) is 78.9 Å². The fourth-order valence-corrected chi connectivity index (χ4v) is 6.55. The minimum Gasteiger partial charge on any atom is -0.207 e. The van der Waals surface area contributed by atoms with Gasteiger partial charge in [0.2, 0.25) is 23.1 Å². The van der Waals surface area contributed by atoms with Gasteiger partial charge in [-0.3, -0.25) is 0 Å². The molecule has 2 nitrogen and oxygen atoms in total. The van der Waals surface area contributed by atoms with Crippen molar-refractivity contribution in [2.45, 2.75) is 31.7 Å². The number of fused-ring (bicyclic) bond motifs is 9. The first-order valence-electron chi connectivity index (χ1n) is 13.3. The van der Waals surface area contributed by atoms with Crippen molar-refractivity contribution >= 4 is 5.70 Å². The zero-order valence-corrected chi connectivity index (χ0v) is 21.4. The third-order valence-electron chi connectivity index (χ3n) is 8.30. The molecule has 0 amide bonds. The van der Waals surface area contributed by atoms with Crippen molar-refractivity contribution in [1.82, 2.24) is 0 Å². The van der Waals surface area contributed by atoms with E-state index in [2.05, 4.69) is 101 Å². The Kier molecular flexibility index (Phi) is 5.33. The van der Waals surface area contributed by atoms with Gasteiger partial charge in [0.1, 0.15) is 5.82 Å². The summed E-state index contributed by atoms with van der Waals surface area (Å²) in [6, 6.07) is 33.2. The van der Waals surface area contributed by atoms with Crippen molar-refractivity contribution in [2.75, 3.05) is 0 Å². The van der Waals surface area contributed by atoms with Crippen LogP contribution < -0.4 is 9.13 Å². The zero-order valence-electron chi connectivity index (χ0n) is 21.4. The Bertz CT molecular complexity index is 1720. The van der Waals surface area contributed by atoms with Crippen LogP contribution in [0.4, 0.5) is 4.39 Å². The highest BCUT2D eigenvalue weighted by Crippen LogP contribution is 2.45. The number of rotatable bonds is 1.